The third-order valence-corrected chi connectivity index (χ3v) is 2.00. The molecule has 0 bridgehead atoms. The minimum atomic E-state index is 0.380. The molecule has 1 unspecified atom stereocenters. The average Bonchev–Trinajstić information content (AvgIpc) is 2.55. The Morgan fingerprint density at radius 2 is 2.36 bits per heavy atom. The number of rotatable bonds is 1. The summed E-state index contributed by atoms with van der Waals surface area (Å²) < 4.78 is 5.30. The fourth-order valence-electron chi connectivity index (χ4n) is 1.36. The smallest absolute Gasteiger partial charge is 0.114 e. The number of allylic oxidation sites excluding steroid dienone is 4. The minimum Gasteiger partial charge on any atom is -0.468 e. The molecule has 1 aliphatic carbocycles. The normalized spacial score (nSPS) is 22.3. The molecule has 0 N–H and O–H groups in total. The molecular formula is C10H10O. The molecule has 1 atom stereocenters. The Kier molecular flexibility index (Phi) is 1.42. The predicted molar refractivity (Wildman–Crippen MR) is 44.3 cm³/mol. The molecule has 11 heavy (non-hydrogen) atoms. The van der Waals surface area contributed by atoms with Crippen LogP contribution in [0.2, 0.25) is 0 Å². The van der Waals surface area contributed by atoms with E-state index in [9.17, 15) is 0 Å². The first-order valence-corrected chi connectivity index (χ1v) is 3.76. The second-order valence-corrected chi connectivity index (χ2v) is 2.79. The van der Waals surface area contributed by atoms with Crippen LogP contribution in [0, 0.1) is 0 Å². The maximum absolute atomic E-state index is 5.30. The highest BCUT2D eigenvalue weighted by Crippen LogP contribution is 2.29. The lowest BCUT2D eigenvalue weighted by Gasteiger charge is -2.04. The van der Waals surface area contributed by atoms with E-state index in [2.05, 4.69) is 25.2 Å². The second kappa shape index (κ2) is 2.42. The molecule has 56 valence electrons. The van der Waals surface area contributed by atoms with E-state index in [1.807, 2.05) is 12.1 Å². The topological polar surface area (TPSA) is 13.1 Å². The summed E-state index contributed by atoms with van der Waals surface area (Å²) in [4.78, 5) is 0. The van der Waals surface area contributed by atoms with Crippen molar-refractivity contribution in [1.82, 2.24) is 0 Å². The molecule has 0 fully saturated rings. The van der Waals surface area contributed by atoms with Crippen LogP contribution in [0.25, 0.3) is 0 Å². The Hall–Kier alpha value is -1.24. The van der Waals surface area contributed by atoms with Crippen molar-refractivity contribution in [2.24, 2.45) is 0 Å². The summed E-state index contributed by atoms with van der Waals surface area (Å²) in [5, 5.41) is 0. The number of hydrogen-bond acceptors (Lipinski definition) is 1. The van der Waals surface area contributed by atoms with Crippen molar-refractivity contribution in [1.29, 1.82) is 0 Å². The van der Waals surface area contributed by atoms with Crippen LogP contribution in [0.15, 0.2) is 46.6 Å². The fraction of sp³-hybridized carbons (Fsp3) is 0.200. The van der Waals surface area contributed by atoms with Gasteiger partial charge in [-0.05, 0) is 19.1 Å². The zero-order valence-corrected chi connectivity index (χ0v) is 6.45. The molecule has 1 aliphatic rings. The molecule has 2 rings (SSSR count). The maximum Gasteiger partial charge on any atom is 0.114 e. The fourth-order valence-corrected chi connectivity index (χ4v) is 1.36. The number of furan rings is 1. The second-order valence-electron chi connectivity index (χ2n) is 2.79. The van der Waals surface area contributed by atoms with Gasteiger partial charge in [-0.15, -0.1) is 0 Å². The van der Waals surface area contributed by atoms with E-state index in [0.717, 1.165) is 5.76 Å². The zero-order valence-electron chi connectivity index (χ0n) is 6.45. The van der Waals surface area contributed by atoms with Crippen LogP contribution in [-0.4, -0.2) is 0 Å². The van der Waals surface area contributed by atoms with Gasteiger partial charge in [-0.2, -0.15) is 0 Å². The summed E-state index contributed by atoms with van der Waals surface area (Å²) in [5.41, 5.74) is 1.35. The Bertz CT molecular complexity index is 291. The molecule has 0 aliphatic heterocycles. The van der Waals surface area contributed by atoms with Crippen molar-refractivity contribution in [3.8, 4) is 0 Å². The Balaban J connectivity index is 2.32. The molecule has 1 nitrogen and oxygen atoms in total. The van der Waals surface area contributed by atoms with Crippen molar-refractivity contribution < 1.29 is 4.42 Å². The molecule has 1 heteroatoms. The summed E-state index contributed by atoms with van der Waals surface area (Å²) in [7, 11) is 0. The quantitative estimate of drug-likeness (QED) is 0.593. The lowest BCUT2D eigenvalue weighted by molar-refractivity contribution is 0.506. The van der Waals surface area contributed by atoms with Gasteiger partial charge >= 0.3 is 0 Å². The summed E-state index contributed by atoms with van der Waals surface area (Å²) in [6.07, 6.45) is 8.05. The molecule has 0 spiro atoms. The van der Waals surface area contributed by atoms with Crippen molar-refractivity contribution in [3.63, 3.8) is 0 Å². The predicted octanol–water partition coefficient (Wildman–Crippen LogP) is 2.88. The van der Waals surface area contributed by atoms with Gasteiger partial charge in [0.1, 0.15) is 5.76 Å². The summed E-state index contributed by atoms with van der Waals surface area (Å²) in [6.45, 7) is 2.12. The first-order chi connectivity index (χ1) is 5.38. The van der Waals surface area contributed by atoms with E-state index in [4.69, 9.17) is 4.42 Å². The molecule has 0 saturated carbocycles. The van der Waals surface area contributed by atoms with Crippen LogP contribution < -0.4 is 0 Å². The Labute approximate surface area is 66.0 Å². The van der Waals surface area contributed by atoms with E-state index >= 15 is 0 Å². The minimum absolute atomic E-state index is 0.380. The van der Waals surface area contributed by atoms with Gasteiger partial charge in [0.2, 0.25) is 0 Å². The third kappa shape index (κ3) is 1.03. The summed E-state index contributed by atoms with van der Waals surface area (Å²) in [6, 6.07) is 3.94. The first kappa shape index (κ1) is 6.47. The van der Waals surface area contributed by atoms with E-state index in [1.54, 1.807) is 6.26 Å². The standard InChI is InChI=1S/C10H10O/c1-8-4-2-5-9(8)10-6-3-7-11-10/h2-7,9H,1H3. The molecule has 1 heterocycles. The van der Waals surface area contributed by atoms with Gasteiger partial charge < -0.3 is 4.42 Å². The summed E-state index contributed by atoms with van der Waals surface area (Å²) >= 11 is 0. The van der Waals surface area contributed by atoms with Crippen LogP contribution in [0.4, 0.5) is 0 Å². The maximum atomic E-state index is 5.30. The lowest BCUT2D eigenvalue weighted by Crippen LogP contribution is -1.90. The molecule has 0 amide bonds. The van der Waals surface area contributed by atoms with Crippen LogP contribution in [-0.2, 0) is 0 Å². The van der Waals surface area contributed by atoms with Gasteiger partial charge in [0.25, 0.3) is 0 Å². The van der Waals surface area contributed by atoms with E-state index in [0.29, 0.717) is 5.92 Å². The van der Waals surface area contributed by atoms with Gasteiger partial charge in [0.05, 0.1) is 12.2 Å². The molecule has 0 saturated heterocycles. The zero-order chi connectivity index (χ0) is 7.68. The van der Waals surface area contributed by atoms with Gasteiger partial charge in [0.15, 0.2) is 0 Å². The molecule has 1 aromatic rings. The highest BCUT2D eigenvalue weighted by molar-refractivity contribution is 5.35. The molecule has 0 aromatic carbocycles. The van der Waals surface area contributed by atoms with Crippen molar-refractivity contribution in [3.05, 3.63) is 48.0 Å². The van der Waals surface area contributed by atoms with E-state index in [-0.39, 0.29) is 0 Å². The van der Waals surface area contributed by atoms with Crippen LogP contribution >= 0.6 is 0 Å². The average molecular weight is 146 g/mol. The van der Waals surface area contributed by atoms with Gasteiger partial charge in [0, 0.05) is 0 Å². The SMILES string of the molecule is CC1=CC=CC1c1ccco1. The Morgan fingerprint density at radius 1 is 1.45 bits per heavy atom. The van der Waals surface area contributed by atoms with Gasteiger partial charge in [-0.25, -0.2) is 0 Å². The van der Waals surface area contributed by atoms with Crippen LogP contribution in [0.5, 0.6) is 0 Å². The number of hydrogen-bond donors (Lipinski definition) is 0. The third-order valence-electron chi connectivity index (χ3n) is 2.00. The van der Waals surface area contributed by atoms with E-state index in [1.165, 1.54) is 5.57 Å². The van der Waals surface area contributed by atoms with Gasteiger partial charge in [-0.1, -0.05) is 23.8 Å². The highest BCUT2D eigenvalue weighted by Gasteiger charge is 2.14. The Morgan fingerprint density at radius 3 is 2.91 bits per heavy atom. The van der Waals surface area contributed by atoms with Crippen LogP contribution in [0.3, 0.4) is 0 Å². The van der Waals surface area contributed by atoms with Gasteiger partial charge in [-0.3, -0.25) is 0 Å². The molecule has 1 aromatic heterocycles. The highest BCUT2D eigenvalue weighted by atomic mass is 16.3. The van der Waals surface area contributed by atoms with E-state index < -0.39 is 0 Å². The molecule has 0 radical (unpaired) electrons. The monoisotopic (exact) mass is 146 g/mol. The lowest BCUT2D eigenvalue weighted by atomic mass is 10.0. The van der Waals surface area contributed by atoms with Crippen molar-refractivity contribution in [2.75, 3.05) is 0 Å². The van der Waals surface area contributed by atoms with Crippen molar-refractivity contribution in [2.45, 2.75) is 12.8 Å². The largest absolute Gasteiger partial charge is 0.468 e. The first-order valence-electron chi connectivity index (χ1n) is 3.76. The van der Waals surface area contributed by atoms with Crippen molar-refractivity contribution >= 4 is 0 Å². The molecular weight excluding hydrogens is 136 g/mol. The summed E-state index contributed by atoms with van der Waals surface area (Å²) in [5.74, 6) is 1.41. The van der Waals surface area contributed by atoms with Crippen LogP contribution in [0.1, 0.15) is 18.6 Å².